The first-order valence-corrected chi connectivity index (χ1v) is 23.8. The van der Waals surface area contributed by atoms with Gasteiger partial charge in [-0.3, -0.25) is 33.3 Å². The molecular formula is C44H47F2N6O10PS. The van der Waals surface area contributed by atoms with Gasteiger partial charge in [-0.05, 0) is 93.2 Å². The average Bonchev–Trinajstić information content (AvgIpc) is 3.67. The van der Waals surface area contributed by atoms with Crippen molar-refractivity contribution >= 4 is 70.3 Å². The smallest absolute Gasteiger partial charge is 0.355 e. The molecule has 4 fully saturated rings. The van der Waals surface area contributed by atoms with Crippen LogP contribution in [-0.4, -0.2) is 86.3 Å². The Kier molecular flexibility index (Phi) is 12.4. The number of fused-ring (bicyclic) bond motifs is 2. The summed E-state index contributed by atoms with van der Waals surface area (Å²) in [6.45, 7) is 3.34. The van der Waals surface area contributed by atoms with Crippen molar-refractivity contribution in [1.82, 2.24) is 24.8 Å². The van der Waals surface area contributed by atoms with Crippen LogP contribution in [0.2, 0.25) is 0 Å². The predicted octanol–water partition coefficient (Wildman–Crippen LogP) is 6.47. The normalized spacial score (nSPS) is 22.4. The summed E-state index contributed by atoms with van der Waals surface area (Å²) in [6.07, 6.45) is 4.44. The van der Waals surface area contributed by atoms with Gasteiger partial charge in [0.25, 0.3) is 23.3 Å². The zero-order chi connectivity index (χ0) is 45.7. The van der Waals surface area contributed by atoms with E-state index in [1.165, 1.54) is 49.2 Å². The number of hydrogen-bond acceptors (Lipinski definition) is 11. The number of para-hydroxylation sites is 1. The molecule has 338 valence electrons. The van der Waals surface area contributed by atoms with Gasteiger partial charge in [-0.2, -0.15) is 0 Å². The van der Waals surface area contributed by atoms with E-state index in [0.717, 1.165) is 33.1 Å². The third-order valence-electron chi connectivity index (χ3n) is 12.2. The van der Waals surface area contributed by atoms with Gasteiger partial charge < -0.3 is 24.0 Å². The molecule has 4 aromatic rings. The van der Waals surface area contributed by atoms with E-state index in [4.69, 9.17) is 9.26 Å². The summed E-state index contributed by atoms with van der Waals surface area (Å²) in [7, 11) is -3.20. The van der Waals surface area contributed by atoms with Gasteiger partial charge in [0.15, 0.2) is 5.82 Å². The van der Waals surface area contributed by atoms with Gasteiger partial charge in [0.05, 0.1) is 17.2 Å². The second kappa shape index (κ2) is 17.7. The minimum atomic E-state index is -4.51. The highest BCUT2D eigenvalue weighted by atomic mass is 32.1. The molecule has 3 aliphatic heterocycles. The lowest BCUT2D eigenvalue weighted by Gasteiger charge is -2.36. The van der Waals surface area contributed by atoms with Crippen LogP contribution in [0, 0.1) is 5.82 Å². The molecule has 2 unspecified atom stereocenters. The summed E-state index contributed by atoms with van der Waals surface area (Å²) >= 11 is 1.09. The largest absolute Gasteiger partial charge is 0.465 e. The van der Waals surface area contributed by atoms with Crippen molar-refractivity contribution in [2.24, 2.45) is 7.05 Å². The number of carbonyl (C=O) groups is 6. The number of aromatic nitrogens is 1. The SMILES string of the molecule is CCCOC(=O)[C@H](C)NP(=O)(Oc1ccccc1)C(F)c1ccc2sc(C(=O)N[C@H]3CCCC[C@H]4CC[C@@H](C(=O)N5C(=O)N(c6cc(=O)n(C)cc6F)C(=O)C56CC6)N4C3=O)cc2c1. The van der Waals surface area contributed by atoms with Crippen LogP contribution in [-0.2, 0) is 35.5 Å². The molecule has 8 rings (SSSR count). The van der Waals surface area contributed by atoms with Crippen molar-refractivity contribution in [1.29, 1.82) is 0 Å². The monoisotopic (exact) mass is 920 g/mol. The van der Waals surface area contributed by atoms with Crippen LogP contribution in [0.5, 0.6) is 5.75 Å². The number of thiophene rings is 1. The Morgan fingerprint density at radius 2 is 1.72 bits per heavy atom. The van der Waals surface area contributed by atoms with E-state index >= 15 is 8.78 Å². The number of halogens is 2. The molecule has 6 atom stereocenters. The maximum Gasteiger partial charge on any atom is 0.355 e. The van der Waals surface area contributed by atoms with Crippen LogP contribution in [0.15, 0.2) is 71.7 Å². The number of imide groups is 2. The quantitative estimate of drug-likeness (QED) is 0.0848. The van der Waals surface area contributed by atoms with E-state index in [0.29, 0.717) is 47.1 Å². The zero-order valence-corrected chi connectivity index (χ0v) is 37.0. The molecule has 4 aliphatic rings. The third kappa shape index (κ3) is 8.24. The number of nitrogens with zero attached hydrogens (tertiary/aromatic N) is 4. The maximum atomic E-state index is 16.6. The third-order valence-corrected chi connectivity index (χ3v) is 15.4. The number of amides is 6. The van der Waals surface area contributed by atoms with Crippen molar-refractivity contribution in [3.8, 4) is 5.75 Å². The molecule has 1 spiro atoms. The van der Waals surface area contributed by atoms with Crippen molar-refractivity contribution in [2.45, 2.75) is 107 Å². The Morgan fingerprint density at radius 1 is 0.984 bits per heavy atom. The molecule has 2 N–H and O–H groups in total. The highest BCUT2D eigenvalue weighted by Gasteiger charge is 2.69. The lowest BCUT2D eigenvalue weighted by atomic mass is 9.99. The van der Waals surface area contributed by atoms with Gasteiger partial charge in [-0.15, -0.1) is 11.3 Å². The number of benzene rings is 2. The molecule has 2 aromatic heterocycles. The highest BCUT2D eigenvalue weighted by Crippen LogP contribution is 2.58. The van der Waals surface area contributed by atoms with Gasteiger partial charge in [0.2, 0.25) is 11.8 Å². The number of nitrogens with one attached hydrogen (secondary N) is 2. The molecule has 64 heavy (non-hydrogen) atoms. The maximum absolute atomic E-state index is 16.6. The number of aryl methyl sites for hydroxylation is 1. The summed E-state index contributed by atoms with van der Waals surface area (Å²) in [6, 6.07) is 9.88. The number of anilines is 1. The Bertz CT molecular complexity index is 2660. The molecule has 0 bridgehead atoms. The fourth-order valence-corrected chi connectivity index (χ4v) is 11.6. The number of alkyl halides is 1. The first kappa shape index (κ1) is 44.8. The van der Waals surface area contributed by atoms with Gasteiger partial charge in [0, 0.05) is 30.1 Å². The Hall–Kier alpha value is -5.78. The molecule has 0 radical (unpaired) electrons. The van der Waals surface area contributed by atoms with Crippen LogP contribution in [0.4, 0.5) is 19.3 Å². The van der Waals surface area contributed by atoms with E-state index in [2.05, 4.69) is 10.4 Å². The Labute approximate surface area is 370 Å². The molecule has 1 saturated carbocycles. The number of hydrogen-bond donors (Lipinski definition) is 2. The van der Waals surface area contributed by atoms with Crippen LogP contribution in [0.3, 0.4) is 0 Å². The van der Waals surface area contributed by atoms with Gasteiger partial charge in [-0.1, -0.05) is 44.0 Å². The topological polar surface area (TPSA) is 194 Å². The molecule has 1 aliphatic carbocycles. The summed E-state index contributed by atoms with van der Waals surface area (Å²) in [5.41, 5.74) is -2.81. The summed E-state index contributed by atoms with van der Waals surface area (Å²) in [5.74, 6) is -6.60. The number of carbonyl (C=O) groups excluding carboxylic acids is 6. The Balaban J connectivity index is 1.00. The van der Waals surface area contributed by atoms with Crippen LogP contribution in [0.25, 0.3) is 10.1 Å². The lowest BCUT2D eigenvalue weighted by molar-refractivity contribution is -0.147. The first-order valence-electron chi connectivity index (χ1n) is 21.2. The van der Waals surface area contributed by atoms with Crippen LogP contribution >= 0.6 is 18.9 Å². The average molecular weight is 921 g/mol. The van der Waals surface area contributed by atoms with E-state index in [-0.39, 0.29) is 54.5 Å². The first-order chi connectivity index (χ1) is 30.6. The van der Waals surface area contributed by atoms with Crippen molar-refractivity contribution < 1.29 is 51.4 Å². The summed E-state index contributed by atoms with van der Waals surface area (Å²) in [4.78, 5) is 98.5. The molecule has 2 aromatic carbocycles. The summed E-state index contributed by atoms with van der Waals surface area (Å²) in [5, 5.41) is 5.83. The van der Waals surface area contributed by atoms with Gasteiger partial charge >= 0.3 is 19.5 Å². The van der Waals surface area contributed by atoms with Crippen LogP contribution < -0.4 is 25.4 Å². The van der Waals surface area contributed by atoms with E-state index in [1.807, 2.05) is 6.92 Å². The number of rotatable bonds is 13. The van der Waals surface area contributed by atoms with Crippen LogP contribution in [0.1, 0.15) is 92.8 Å². The van der Waals surface area contributed by atoms with Crippen molar-refractivity contribution in [3.05, 3.63) is 93.5 Å². The number of ether oxygens (including phenoxy) is 1. The fourth-order valence-electron chi connectivity index (χ4n) is 8.74. The standard InChI is InChI=1S/C44H47F2N6O10PS/c1-4-20-61-41(57)25(2)48-63(60,62-29-11-6-5-7-12-29)37(46)26-14-17-34-27(21-26)22-35(64-34)38(54)47-31-13-9-8-10-28-15-16-32(50(28)39(31)55)40(56)52-43(59)51(42(58)44(52)18-19-44)33-23-36(53)49(3)24-30(33)45/h5-7,11-12,14,17,21-25,28,31-32,37H,4,8-10,13,15-16,18-20H2,1-3H3,(H,47,54)(H,48,60)/t25-,28-,31-,32-,37?,63?/m0/s1. The van der Waals surface area contributed by atoms with E-state index in [9.17, 15) is 38.1 Å². The molecule has 3 saturated heterocycles. The Morgan fingerprint density at radius 3 is 2.44 bits per heavy atom. The van der Waals surface area contributed by atoms with Gasteiger partial charge in [0.1, 0.15) is 29.4 Å². The second-order valence-corrected chi connectivity index (χ2v) is 19.8. The highest BCUT2D eigenvalue weighted by molar-refractivity contribution is 7.57. The second-order valence-electron chi connectivity index (χ2n) is 16.7. The molecule has 20 heteroatoms. The van der Waals surface area contributed by atoms with Gasteiger partial charge in [-0.25, -0.2) is 28.5 Å². The lowest BCUT2D eigenvalue weighted by Crippen LogP contribution is -2.58. The minimum Gasteiger partial charge on any atom is -0.465 e. The number of urea groups is 1. The molecule has 6 amide bonds. The predicted molar refractivity (Wildman–Crippen MR) is 231 cm³/mol. The fraction of sp³-hybridized carbons (Fsp3) is 0.432. The zero-order valence-electron chi connectivity index (χ0n) is 35.3. The minimum absolute atomic E-state index is 0.0448. The van der Waals surface area contributed by atoms with Crippen molar-refractivity contribution in [2.75, 3.05) is 11.5 Å². The van der Waals surface area contributed by atoms with E-state index < -0.39 is 89.8 Å². The van der Waals surface area contributed by atoms with Crippen molar-refractivity contribution in [3.63, 3.8) is 0 Å². The summed E-state index contributed by atoms with van der Waals surface area (Å²) < 4.78 is 58.5. The molecule has 5 heterocycles. The number of esters is 1. The molecular weight excluding hydrogens is 874 g/mol. The number of pyridine rings is 1. The van der Waals surface area contributed by atoms with E-state index in [1.54, 1.807) is 24.3 Å². The molecule has 16 nitrogen and oxygen atoms in total.